The summed E-state index contributed by atoms with van der Waals surface area (Å²) < 4.78 is 0. The van der Waals surface area contributed by atoms with Crippen molar-refractivity contribution in [2.75, 3.05) is 13.1 Å². The number of rotatable bonds is 1. The van der Waals surface area contributed by atoms with Gasteiger partial charge in [0.2, 0.25) is 5.91 Å². The molecule has 2 fully saturated rings. The van der Waals surface area contributed by atoms with E-state index in [0.29, 0.717) is 18.9 Å². The van der Waals surface area contributed by atoms with Crippen molar-refractivity contribution in [3.8, 4) is 0 Å². The van der Waals surface area contributed by atoms with Gasteiger partial charge in [0.25, 0.3) is 0 Å². The second kappa shape index (κ2) is 2.97. The second-order valence-corrected chi connectivity index (χ2v) is 4.41. The number of carbonyl (C=O) groups excluding carboxylic acids is 1. The zero-order valence-corrected chi connectivity index (χ0v) is 8.32. The van der Waals surface area contributed by atoms with Crippen molar-refractivity contribution >= 4 is 11.9 Å². The largest absolute Gasteiger partial charge is 0.481 e. The zero-order chi connectivity index (χ0) is 10.3. The topological polar surface area (TPSA) is 57.6 Å². The van der Waals surface area contributed by atoms with Crippen LogP contribution in [-0.4, -0.2) is 35.0 Å². The molecule has 4 nitrogen and oxygen atoms in total. The molecule has 2 aliphatic rings. The van der Waals surface area contributed by atoms with Crippen LogP contribution in [0, 0.1) is 11.3 Å². The maximum absolute atomic E-state index is 11.1. The summed E-state index contributed by atoms with van der Waals surface area (Å²) in [5, 5.41) is 9.09. The van der Waals surface area contributed by atoms with Crippen LogP contribution >= 0.6 is 0 Å². The molecule has 1 saturated heterocycles. The van der Waals surface area contributed by atoms with E-state index < -0.39 is 11.4 Å². The number of carboxylic acid groups (broad SMARTS) is 1. The Kier molecular flexibility index (Phi) is 2.01. The molecule has 4 heteroatoms. The third-order valence-corrected chi connectivity index (χ3v) is 3.68. The van der Waals surface area contributed by atoms with Crippen LogP contribution < -0.4 is 0 Å². The Morgan fingerprint density at radius 2 is 2.14 bits per heavy atom. The minimum absolute atomic E-state index is 0.0619. The average molecular weight is 197 g/mol. The van der Waals surface area contributed by atoms with Crippen molar-refractivity contribution in [1.29, 1.82) is 0 Å². The lowest BCUT2D eigenvalue weighted by molar-refractivity contribution is -0.144. The summed E-state index contributed by atoms with van der Waals surface area (Å²) in [5.74, 6) is -0.302. The highest BCUT2D eigenvalue weighted by molar-refractivity contribution is 5.79. The predicted octanol–water partition coefficient (Wildman–Crippen LogP) is 0.720. The number of amides is 1. The summed E-state index contributed by atoms with van der Waals surface area (Å²) in [7, 11) is 0. The van der Waals surface area contributed by atoms with Crippen molar-refractivity contribution in [2.24, 2.45) is 11.3 Å². The molecule has 0 aromatic carbocycles. The molecular weight excluding hydrogens is 182 g/mol. The number of carboxylic acids is 1. The molecule has 0 spiro atoms. The van der Waals surface area contributed by atoms with Gasteiger partial charge in [-0.25, -0.2) is 0 Å². The number of carbonyl (C=O) groups is 2. The van der Waals surface area contributed by atoms with Crippen molar-refractivity contribution in [3.63, 3.8) is 0 Å². The van der Waals surface area contributed by atoms with Crippen molar-refractivity contribution in [1.82, 2.24) is 4.90 Å². The molecule has 1 aliphatic carbocycles. The van der Waals surface area contributed by atoms with Crippen LogP contribution in [0.15, 0.2) is 0 Å². The van der Waals surface area contributed by atoms with E-state index in [4.69, 9.17) is 5.11 Å². The van der Waals surface area contributed by atoms with E-state index in [2.05, 4.69) is 0 Å². The first-order chi connectivity index (χ1) is 6.56. The van der Waals surface area contributed by atoms with E-state index in [1.54, 1.807) is 11.8 Å². The third kappa shape index (κ3) is 1.29. The number of nitrogens with zero attached hydrogens (tertiary/aromatic N) is 1. The number of fused-ring (bicyclic) bond motifs is 1. The Morgan fingerprint density at radius 1 is 1.43 bits per heavy atom. The summed E-state index contributed by atoms with van der Waals surface area (Å²) >= 11 is 0. The summed E-state index contributed by atoms with van der Waals surface area (Å²) in [4.78, 5) is 23.9. The first-order valence-corrected chi connectivity index (χ1v) is 5.05. The molecule has 2 atom stereocenters. The number of hydrogen-bond donors (Lipinski definition) is 1. The molecule has 0 aromatic heterocycles. The second-order valence-electron chi connectivity index (χ2n) is 4.41. The Labute approximate surface area is 82.9 Å². The fraction of sp³-hybridized carbons (Fsp3) is 0.800. The van der Waals surface area contributed by atoms with Crippen LogP contribution in [0.3, 0.4) is 0 Å². The van der Waals surface area contributed by atoms with Crippen LogP contribution in [0.4, 0.5) is 0 Å². The predicted molar refractivity (Wildman–Crippen MR) is 49.7 cm³/mol. The van der Waals surface area contributed by atoms with Crippen LogP contribution in [0.2, 0.25) is 0 Å². The molecule has 2 unspecified atom stereocenters. The molecule has 1 heterocycles. The monoisotopic (exact) mass is 197 g/mol. The minimum atomic E-state index is -0.673. The highest BCUT2D eigenvalue weighted by Gasteiger charge is 2.60. The molecule has 1 saturated carbocycles. The first-order valence-electron chi connectivity index (χ1n) is 5.05. The fourth-order valence-corrected chi connectivity index (χ4v) is 2.51. The van der Waals surface area contributed by atoms with Gasteiger partial charge in [-0.1, -0.05) is 0 Å². The van der Waals surface area contributed by atoms with Crippen LogP contribution in [0.5, 0.6) is 0 Å². The first kappa shape index (κ1) is 9.49. The quantitative estimate of drug-likeness (QED) is 0.673. The van der Waals surface area contributed by atoms with Gasteiger partial charge >= 0.3 is 5.97 Å². The summed E-state index contributed by atoms with van der Waals surface area (Å²) in [6.45, 7) is 2.89. The maximum Gasteiger partial charge on any atom is 0.309 e. The van der Waals surface area contributed by atoms with Gasteiger partial charge in [0.1, 0.15) is 0 Å². The maximum atomic E-state index is 11.1. The van der Waals surface area contributed by atoms with E-state index in [0.717, 1.165) is 19.4 Å². The smallest absolute Gasteiger partial charge is 0.309 e. The molecule has 0 radical (unpaired) electrons. The lowest BCUT2D eigenvalue weighted by atomic mass is 9.99. The number of likely N-dealkylation sites (tertiary alicyclic amines) is 1. The van der Waals surface area contributed by atoms with E-state index in [1.165, 1.54) is 0 Å². The van der Waals surface area contributed by atoms with Crippen molar-refractivity contribution in [3.05, 3.63) is 0 Å². The lowest BCUT2D eigenvalue weighted by Crippen LogP contribution is -2.31. The Bertz CT molecular complexity index is 289. The molecular formula is C10H15NO3. The van der Waals surface area contributed by atoms with Gasteiger partial charge in [-0.15, -0.1) is 0 Å². The zero-order valence-electron chi connectivity index (χ0n) is 8.32. The summed E-state index contributed by atoms with van der Waals surface area (Å²) in [5.41, 5.74) is -0.482. The fourth-order valence-electron chi connectivity index (χ4n) is 2.51. The number of hydrogen-bond acceptors (Lipinski definition) is 2. The number of aliphatic carboxylic acids is 1. The molecule has 0 aromatic rings. The van der Waals surface area contributed by atoms with Crippen LogP contribution in [-0.2, 0) is 9.59 Å². The molecule has 2 rings (SSSR count). The standard InChI is InChI=1S/C10H15NO3/c1-7(12)11-4-2-8-6-10(8,3-5-11)9(13)14/h8H,2-6H2,1H3,(H,13,14). The van der Waals surface area contributed by atoms with Gasteiger partial charge < -0.3 is 10.0 Å². The van der Waals surface area contributed by atoms with Crippen LogP contribution in [0.25, 0.3) is 0 Å². The minimum Gasteiger partial charge on any atom is -0.481 e. The van der Waals surface area contributed by atoms with Gasteiger partial charge in [0.15, 0.2) is 0 Å². The molecule has 14 heavy (non-hydrogen) atoms. The Balaban J connectivity index is 2.05. The molecule has 0 bridgehead atoms. The normalized spacial score (nSPS) is 35.8. The summed E-state index contributed by atoms with van der Waals surface area (Å²) in [6, 6.07) is 0. The summed E-state index contributed by atoms with van der Waals surface area (Å²) in [6.07, 6.45) is 2.30. The van der Waals surface area contributed by atoms with Gasteiger partial charge in [-0.2, -0.15) is 0 Å². The van der Waals surface area contributed by atoms with Crippen molar-refractivity contribution in [2.45, 2.75) is 26.2 Å². The van der Waals surface area contributed by atoms with E-state index in [1.807, 2.05) is 0 Å². The van der Waals surface area contributed by atoms with Gasteiger partial charge in [-0.05, 0) is 25.2 Å². The van der Waals surface area contributed by atoms with Gasteiger partial charge in [-0.3, -0.25) is 9.59 Å². The van der Waals surface area contributed by atoms with Crippen molar-refractivity contribution < 1.29 is 14.7 Å². The van der Waals surface area contributed by atoms with Gasteiger partial charge in [0.05, 0.1) is 5.41 Å². The Morgan fingerprint density at radius 3 is 2.71 bits per heavy atom. The van der Waals surface area contributed by atoms with E-state index in [9.17, 15) is 9.59 Å². The highest BCUT2D eigenvalue weighted by Crippen LogP contribution is 2.58. The molecule has 1 N–H and O–H groups in total. The molecule has 1 amide bonds. The highest BCUT2D eigenvalue weighted by atomic mass is 16.4. The molecule has 78 valence electrons. The lowest BCUT2D eigenvalue weighted by Gasteiger charge is -2.19. The Hall–Kier alpha value is -1.06. The van der Waals surface area contributed by atoms with Crippen LogP contribution in [0.1, 0.15) is 26.2 Å². The SMILES string of the molecule is CC(=O)N1CCC2CC2(C(=O)O)CC1. The third-order valence-electron chi connectivity index (χ3n) is 3.68. The van der Waals surface area contributed by atoms with E-state index >= 15 is 0 Å². The molecule has 1 aliphatic heterocycles. The van der Waals surface area contributed by atoms with Gasteiger partial charge in [0, 0.05) is 20.0 Å². The van der Waals surface area contributed by atoms with E-state index in [-0.39, 0.29) is 5.91 Å². The average Bonchev–Trinajstić information content (AvgIpc) is 2.75.